The smallest absolute Gasteiger partial charge is 0.261 e. The van der Waals surface area contributed by atoms with Gasteiger partial charge in [0.15, 0.2) is 6.17 Å². The Kier molecular flexibility index (Phi) is 7.18. The van der Waals surface area contributed by atoms with E-state index in [-0.39, 0.29) is 17.4 Å². The zero-order valence-electron chi connectivity index (χ0n) is 21.2. The Morgan fingerprint density at radius 2 is 2.00 bits per heavy atom. The number of likely N-dealkylation sites (tertiary alicyclic amines) is 1. The van der Waals surface area contributed by atoms with Crippen LogP contribution in [-0.4, -0.2) is 44.6 Å². The van der Waals surface area contributed by atoms with Crippen molar-refractivity contribution in [1.82, 2.24) is 19.4 Å². The first-order valence-electron chi connectivity index (χ1n) is 12.6. The summed E-state index contributed by atoms with van der Waals surface area (Å²) in [5.74, 6) is 0.0807. The third-order valence-electron chi connectivity index (χ3n) is 6.85. The minimum atomic E-state index is -1.56. The van der Waals surface area contributed by atoms with Crippen LogP contribution in [0.4, 0.5) is 8.78 Å². The van der Waals surface area contributed by atoms with Gasteiger partial charge in [-0.2, -0.15) is 0 Å². The number of carbonyl (C=O) groups excluding carboxylic acids is 1. The number of pyridine rings is 1. The molecule has 1 amide bonds. The molecule has 0 N–H and O–H groups in total. The maximum absolute atomic E-state index is 13.9. The van der Waals surface area contributed by atoms with Crippen LogP contribution in [0.15, 0.2) is 65.6 Å². The van der Waals surface area contributed by atoms with Crippen LogP contribution >= 0.6 is 0 Å². The molecule has 9 heteroatoms. The van der Waals surface area contributed by atoms with E-state index in [4.69, 9.17) is 9.72 Å². The summed E-state index contributed by atoms with van der Waals surface area (Å²) < 4.78 is 34.4. The van der Waals surface area contributed by atoms with Crippen LogP contribution in [0.2, 0.25) is 0 Å². The van der Waals surface area contributed by atoms with Crippen LogP contribution in [0.1, 0.15) is 25.3 Å². The molecule has 4 aromatic rings. The molecule has 0 radical (unpaired) electrons. The van der Waals surface area contributed by atoms with Gasteiger partial charge in [0.1, 0.15) is 17.4 Å². The summed E-state index contributed by atoms with van der Waals surface area (Å²) in [5, 5.41) is 0.364. The average Bonchev–Trinajstić information content (AvgIpc) is 2.92. The van der Waals surface area contributed by atoms with Crippen LogP contribution in [0.5, 0.6) is 11.6 Å². The molecule has 0 bridgehead atoms. The zero-order chi connectivity index (χ0) is 26.8. The Hall–Kier alpha value is -4.14. The van der Waals surface area contributed by atoms with E-state index in [0.29, 0.717) is 42.1 Å². The Bertz CT molecular complexity index is 1540. The Morgan fingerprint density at radius 3 is 2.74 bits per heavy atom. The summed E-state index contributed by atoms with van der Waals surface area (Å²) in [5.41, 5.74) is 2.08. The lowest BCUT2D eigenvalue weighted by Gasteiger charge is -2.33. The predicted octanol–water partition coefficient (Wildman–Crippen LogP) is 5.29. The van der Waals surface area contributed by atoms with Crippen LogP contribution in [0, 0.1) is 18.7 Å². The van der Waals surface area contributed by atoms with Gasteiger partial charge in [-0.3, -0.25) is 14.2 Å². The van der Waals surface area contributed by atoms with Crippen molar-refractivity contribution in [3.05, 3.63) is 82.5 Å². The molecule has 0 aliphatic carbocycles. The molecule has 3 heterocycles. The molecule has 1 unspecified atom stereocenters. The van der Waals surface area contributed by atoms with Crippen molar-refractivity contribution >= 4 is 16.8 Å². The van der Waals surface area contributed by atoms with E-state index in [2.05, 4.69) is 4.98 Å². The Balaban J connectivity index is 1.56. The Morgan fingerprint density at radius 1 is 1.18 bits per heavy atom. The number of carbonyl (C=O) groups is 1. The largest absolute Gasteiger partial charge is 0.439 e. The first-order chi connectivity index (χ1) is 18.3. The van der Waals surface area contributed by atoms with Gasteiger partial charge in [0.25, 0.3) is 11.5 Å². The molecule has 1 saturated heterocycles. The van der Waals surface area contributed by atoms with E-state index >= 15 is 0 Å². The SMILES string of the molecule is Cc1ccccc1-c1nc2ccc(Oc3ccc(F)cn3)cc2c(=O)n1C[C@H]1CCCN(C(=O)C(C)F)C1. The van der Waals surface area contributed by atoms with Crippen molar-refractivity contribution in [3.63, 3.8) is 0 Å². The molecule has 2 atom stereocenters. The predicted molar refractivity (Wildman–Crippen MR) is 140 cm³/mol. The molecule has 196 valence electrons. The van der Waals surface area contributed by atoms with Crippen molar-refractivity contribution in [2.24, 2.45) is 5.92 Å². The highest BCUT2D eigenvalue weighted by Gasteiger charge is 2.28. The fourth-order valence-electron chi connectivity index (χ4n) is 4.93. The minimum Gasteiger partial charge on any atom is -0.439 e. The second-order valence-electron chi connectivity index (χ2n) is 9.67. The molecule has 0 spiro atoms. The van der Waals surface area contributed by atoms with Gasteiger partial charge in [-0.05, 0) is 62.4 Å². The quantitative estimate of drug-likeness (QED) is 0.347. The van der Waals surface area contributed by atoms with E-state index < -0.39 is 17.9 Å². The summed E-state index contributed by atoms with van der Waals surface area (Å²) in [7, 11) is 0. The topological polar surface area (TPSA) is 77.3 Å². The lowest BCUT2D eigenvalue weighted by atomic mass is 9.97. The number of benzene rings is 2. The fourth-order valence-corrected chi connectivity index (χ4v) is 4.93. The highest BCUT2D eigenvalue weighted by Crippen LogP contribution is 2.28. The number of hydrogen-bond acceptors (Lipinski definition) is 5. The third kappa shape index (κ3) is 5.27. The summed E-state index contributed by atoms with van der Waals surface area (Å²) in [4.78, 5) is 36.6. The molecule has 1 aliphatic rings. The highest BCUT2D eigenvalue weighted by molar-refractivity contribution is 5.82. The number of fused-ring (bicyclic) bond motifs is 1. The second kappa shape index (κ2) is 10.7. The molecular formula is C29H28F2N4O3. The number of ether oxygens (including phenoxy) is 1. The summed E-state index contributed by atoms with van der Waals surface area (Å²) in [6.45, 7) is 4.44. The van der Waals surface area contributed by atoms with Gasteiger partial charge >= 0.3 is 0 Å². The molecule has 5 rings (SSSR count). The first-order valence-corrected chi connectivity index (χ1v) is 12.6. The number of rotatable bonds is 6. The summed E-state index contributed by atoms with van der Waals surface area (Å²) >= 11 is 0. The zero-order valence-corrected chi connectivity index (χ0v) is 21.2. The maximum atomic E-state index is 13.9. The van der Waals surface area contributed by atoms with E-state index in [1.165, 1.54) is 19.1 Å². The van der Waals surface area contributed by atoms with Gasteiger partial charge in [-0.25, -0.2) is 18.7 Å². The van der Waals surface area contributed by atoms with Crippen molar-refractivity contribution in [2.45, 2.75) is 39.4 Å². The number of alkyl halides is 1. The van der Waals surface area contributed by atoms with Gasteiger partial charge in [0.05, 0.1) is 17.1 Å². The van der Waals surface area contributed by atoms with Crippen LogP contribution < -0.4 is 10.3 Å². The average molecular weight is 519 g/mol. The lowest BCUT2D eigenvalue weighted by Crippen LogP contribution is -2.44. The number of aromatic nitrogens is 3. The van der Waals surface area contributed by atoms with Gasteiger partial charge in [0, 0.05) is 31.3 Å². The molecular weight excluding hydrogens is 490 g/mol. The molecule has 2 aromatic carbocycles. The second-order valence-corrected chi connectivity index (χ2v) is 9.67. The van der Waals surface area contributed by atoms with E-state index in [1.807, 2.05) is 31.2 Å². The molecule has 1 aliphatic heterocycles. The molecule has 38 heavy (non-hydrogen) atoms. The number of halogens is 2. The van der Waals surface area contributed by atoms with Crippen molar-refractivity contribution in [3.8, 4) is 23.0 Å². The number of amides is 1. The van der Waals surface area contributed by atoms with Gasteiger partial charge in [0.2, 0.25) is 5.88 Å². The number of aryl methyl sites for hydroxylation is 1. The van der Waals surface area contributed by atoms with E-state index in [9.17, 15) is 18.4 Å². The maximum Gasteiger partial charge on any atom is 0.261 e. The normalized spacial score (nSPS) is 16.4. The molecule has 1 fully saturated rings. The number of nitrogens with zero attached hydrogens (tertiary/aromatic N) is 4. The van der Waals surface area contributed by atoms with E-state index in [1.54, 1.807) is 27.7 Å². The number of piperidine rings is 1. The van der Waals surface area contributed by atoms with Crippen LogP contribution in [0.3, 0.4) is 0 Å². The fraction of sp³-hybridized carbons (Fsp3) is 0.310. The van der Waals surface area contributed by atoms with Crippen molar-refractivity contribution in [1.29, 1.82) is 0 Å². The van der Waals surface area contributed by atoms with Crippen LogP contribution in [0.25, 0.3) is 22.3 Å². The third-order valence-corrected chi connectivity index (χ3v) is 6.85. The summed E-state index contributed by atoms with van der Waals surface area (Å²) in [6.07, 6.45) is 1.04. The standard InChI is InChI=1S/C29H28F2N4O3/c1-18-6-3-4-8-23(18)27-33-25-11-10-22(38-26-12-9-21(31)15-32-26)14-24(25)29(37)35(27)17-20-7-5-13-34(16-20)28(36)19(2)30/h3-4,6,8-12,14-15,19-20H,5,7,13,16-17H2,1-2H3/t19?,20-/m0/s1. The van der Waals surface area contributed by atoms with Gasteiger partial charge < -0.3 is 9.64 Å². The van der Waals surface area contributed by atoms with Gasteiger partial charge in [-0.1, -0.05) is 24.3 Å². The monoisotopic (exact) mass is 518 g/mol. The molecule has 7 nitrogen and oxygen atoms in total. The minimum absolute atomic E-state index is 0.0333. The Labute approximate surface area is 218 Å². The van der Waals surface area contributed by atoms with Crippen LogP contribution in [-0.2, 0) is 11.3 Å². The van der Waals surface area contributed by atoms with Crippen molar-refractivity contribution < 1.29 is 18.3 Å². The molecule has 2 aromatic heterocycles. The highest BCUT2D eigenvalue weighted by atomic mass is 19.1. The van der Waals surface area contributed by atoms with Crippen molar-refractivity contribution in [2.75, 3.05) is 13.1 Å². The first kappa shape index (κ1) is 25.5. The molecule has 0 saturated carbocycles. The summed E-state index contributed by atoms with van der Waals surface area (Å²) in [6, 6.07) is 15.4. The number of hydrogen-bond donors (Lipinski definition) is 0. The lowest BCUT2D eigenvalue weighted by molar-refractivity contribution is -0.137. The van der Waals surface area contributed by atoms with E-state index in [0.717, 1.165) is 30.2 Å². The van der Waals surface area contributed by atoms with Gasteiger partial charge in [-0.15, -0.1) is 0 Å².